The van der Waals surface area contributed by atoms with Gasteiger partial charge in [-0.05, 0) is 68.2 Å². The maximum atomic E-state index is 10.9. The summed E-state index contributed by atoms with van der Waals surface area (Å²) in [7, 11) is 0. The van der Waals surface area contributed by atoms with Gasteiger partial charge in [0.1, 0.15) is 11.5 Å². The summed E-state index contributed by atoms with van der Waals surface area (Å²) < 4.78 is 0. The third-order valence-electron chi connectivity index (χ3n) is 5.75. The van der Waals surface area contributed by atoms with Crippen LogP contribution in [0.4, 0.5) is 0 Å². The van der Waals surface area contributed by atoms with E-state index in [9.17, 15) is 10.2 Å². The number of hydrogen-bond acceptors (Lipinski definition) is 2. The minimum absolute atomic E-state index is 0.0190. The summed E-state index contributed by atoms with van der Waals surface area (Å²) in [6.07, 6.45) is 8.60. The van der Waals surface area contributed by atoms with E-state index in [-0.39, 0.29) is 5.92 Å². The molecule has 0 aliphatic rings. The first-order chi connectivity index (χ1) is 13.4. The van der Waals surface area contributed by atoms with Gasteiger partial charge in [0.15, 0.2) is 0 Å². The van der Waals surface area contributed by atoms with E-state index in [4.69, 9.17) is 0 Å². The summed E-state index contributed by atoms with van der Waals surface area (Å²) in [6.45, 7) is 10.6. The van der Waals surface area contributed by atoms with E-state index in [1.165, 1.54) is 11.1 Å². The molecule has 2 nitrogen and oxygen atoms in total. The molecule has 2 aromatic rings. The molecule has 2 aromatic carbocycles. The second-order valence-corrected chi connectivity index (χ2v) is 8.25. The molecule has 0 aromatic heterocycles. The zero-order chi connectivity index (χ0) is 20.7. The number of rotatable bonds is 10. The van der Waals surface area contributed by atoms with Gasteiger partial charge in [0, 0.05) is 17.0 Å². The fraction of sp³-hybridized carbons (Fsp3) is 0.538. The lowest BCUT2D eigenvalue weighted by atomic mass is 9.82. The molecule has 2 rings (SSSR count). The molecule has 0 saturated heterocycles. The van der Waals surface area contributed by atoms with Crippen LogP contribution in [-0.4, -0.2) is 10.2 Å². The molecule has 0 saturated carbocycles. The molecule has 0 bridgehead atoms. The van der Waals surface area contributed by atoms with Crippen molar-refractivity contribution in [3.05, 3.63) is 57.6 Å². The number of unbranched alkanes of at least 4 members (excludes halogenated alkanes) is 2. The van der Waals surface area contributed by atoms with Crippen molar-refractivity contribution >= 4 is 0 Å². The summed E-state index contributed by atoms with van der Waals surface area (Å²) in [5, 5.41) is 21.8. The van der Waals surface area contributed by atoms with Crippen LogP contribution in [0.25, 0.3) is 0 Å². The van der Waals surface area contributed by atoms with Gasteiger partial charge in [-0.15, -0.1) is 0 Å². The Labute approximate surface area is 171 Å². The predicted octanol–water partition coefficient (Wildman–Crippen LogP) is 7.33. The Balaban J connectivity index is 2.56. The number of hydrogen-bond donors (Lipinski definition) is 2. The Bertz CT molecular complexity index is 713. The average Bonchev–Trinajstić information content (AvgIpc) is 2.68. The minimum atomic E-state index is 0.0190. The highest BCUT2D eigenvalue weighted by atomic mass is 16.3. The van der Waals surface area contributed by atoms with Gasteiger partial charge in [-0.2, -0.15) is 0 Å². The van der Waals surface area contributed by atoms with E-state index in [1.807, 2.05) is 13.8 Å². The summed E-state index contributed by atoms with van der Waals surface area (Å²) in [5.41, 5.74) is 6.37. The third-order valence-corrected chi connectivity index (χ3v) is 5.75. The van der Waals surface area contributed by atoms with Crippen molar-refractivity contribution in [1.29, 1.82) is 0 Å². The van der Waals surface area contributed by atoms with Crippen LogP contribution < -0.4 is 0 Å². The summed E-state index contributed by atoms with van der Waals surface area (Å²) >= 11 is 0. The SMILES string of the molecule is CCCCc1cc(C)c(O)c(C(CCC)c2cc(CCCC)cc(C)c2O)c1. The van der Waals surface area contributed by atoms with Gasteiger partial charge in [-0.25, -0.2) is 0 Å². The van der Waals surface area contributed by atoms with Crippen LogP contribution in [0.3, 0.4) is 0 Å². The van der Waals surface area contributed by atoms with Crippen LogP contribution in [0, 0.1) is 13.8 Å². The first-order valence-corrected chi connectivity index (χ1v) is 11.1. The molecule has 154 valence electrons. The van der Waals surface area contributed by atoms with E-state index >= 15 is 0 Å². The van der Waals surface area contributed by atoms with Crippen LogP contribution in [0.5, 0.6) is 11.5 Å². The fourth-order valence-corrected chi connectivity index (χ4v) is 4.12. The smallest absolute Gasteiger partial charge is 0.122 e. The van der Waals surface area contributed by atoms with E-state index in [1.54, 1.807) is 0 Å². The van der Waals surface area contributed by atoms with Crippen molar-refractivity contribution in [3.8, 4) is 11.5 Å². The second kappa shape index (κ2) is 10.5. The molecule has 0 aliphatic heterocycles. The molecule has 0 amide bonds. The van der Waals surface area contributed by atoms with Gasteiger partial charge < -0.3 is 10.2 Å². The van der Waals surface area contributed by atoms with Crippen LogP contribution >= 0.6 is 0 Å². The van der Waals surface area contributed by atoms with Crippen molar-refractivity contribution in [1.82, 2.24) is 0 Å². The van der Waals surface area contributed by atoms with Crippen LogP contribution in [0.2, 0.25) is 0 Å². The molecular formula is C26H38O2. The Hall–Kier alpha value is -1.96. The summed E-state index contributed by atoms with van der Waals surface area (Å²) in [5.74, 6) is 0.787. The van der Waals surface area contributed by atoms with Crippen molar-refractivity contribution in [3.63, 3.8) is 0 Å². The minimum Gasteiger partial charge on any atom is -0.507 e. The molecule has 0 spiro atoms. The molecule has 0 aliphatic carbocycles. The molecule has 2 N–H and O–H groups in total. The highest BCUT2D eigenvalue weighted by molar-refractivity contribution is 5.53. The van der Waals surface area contributed by atoms with Crippen LogP contribution in [0.1, 0.15) is 98.6 Å². The van der Waals surface area contributed by atoms with E-state index in [0.29, 0.717) is 11.5 Å². The third kappa shape index (κ3) is 5.31. The number of aromatic hydroxyl groups is 2. The largest absolute Gasteiger partial charge is 0.507 e. The Kier molecular flexibility index (Phi) is 8.41. The molecular weight excluding hydrogens is 344 g/mol. The maximum Gasteiger partial charge on any atom is 0.122 e. The summed E-state index contributed by atoms with van der Waals surface area (Å²) in [4.78, 5) is 0. The molecule has 0 fully saturated rings. The maximum absolute atomic E-state index is 10.9. The highest BCUT2D eigenvalue weighted by Gasteiger charge is 2.23. The Morgan fingerprint density at radius 3 is 1.46 bits per heavy atom. The average molecular weight is 383 g/mol. The van der Waals surface area contributed by atoms with Crippen LogP contribution in [0.15, 0.2) is 24.3 Å². The monoisotopic (exact) mass is 382 g/mol. The molecule has 0 radical (unpaired) electrons. The lowest BCUT2D eigenvalue weighted by Gasteiger charge is -2.23. The Morgan fingerprint density at radius 2 is 1.11 bits per heavy atom. The quantitative estimate of drug-likeness (QED) is 0.451. The van der Waals surface area contributed by atoms with Crippen molar-refractivity contribution < 1.29 is 10.2 Å². The number of phenolic OH excluding ortho intramolecular Hbond substituents is 2. The fourth-order valence-electron chi connectivity index (χ4n) is 4.12. The standard InChI is InChI=1S/C26H38O2/c1-6-9-12-20-14-18(4)25(27)23(16-20)22(11-8-3)24-17-21(13-10-7-2)15-19(5)26(24)28/h14-17,22,27-28H,6-13H2,1-5H3. The van der Waals surface area contributed by atoms with E-state index < -0.39 is 0 Å². The van der Waals surface area contributed by atoms with Crippen LogP contribution in [-0.2, 0) is 12.8 Å². The molecule has 28 heavy (non-hydrogen) atoms. The van der Waals surface area contributed by atoms with Gasteiger partial charge in [0.25, 0.3) is 0 Å². The normalized spacial score (nSPS) is 11.4. The van der Waals surface area contributed by atoms with Gasteiger partial charge >= 0.3 is 0 Å². The number of aryl methyl sites for hydroxylation is 4. The number of benzene rings is 2. The zero-order valence-corrected chi connectivity index (χ0v) is 18.4. The zero-order valence-electron chi connectivity index (χ0n) is 18.4. The summed E-state index contributed by atoms with van der Waals surface area (Å²) in [6, 6.07) is 8.57. The van der Waals surface area contributed by atoms with Gasteiger partial charge in [0.05, 0.1) is 0 Å². The predicted molar refractivity (Wildman–Crippen MR) is 120 cm³/mol. The molecule has 0 atom stereocenters. The van der Waals surface area contributed by atoms with Crippen molar-refractivity contribution in [2.75, 3.05) is 0 Å². The number of phenols is 2. The first kappa shape index (κ1) is 22.3. The second-order valence-electron chi connectivity index (χ2n) is 8.25. The molecule has 0 unspecified atom stereocenters. The molecule has 0 heterocycles. The molecule has 2 heteroatoms. The van der Waals surface area contributed by atoms with Crippen molar-refractivity contribution in [2.45, 2.75) is 91.9 Å². The van der Waals surface area contributed by atoms with Crippen molar-refractivity contribution in [2.24, 2.45) is 0 Å². The highest BCUT2D eigenvalue weighted by Crippen LogP contribution is 2.42. The lowest BCUT2D eigenvalue weighted by Crippen LogP contribution is -2.06. The lowest BCUT2D eigenvalue weighted by molar-refractivity contribution is 0.445. The first-order valence-electron chi connectivity index (χ1n) is 11.1. The van der Waals surface area contributed by atoms with E-state index in [0.717, 1.165) is 73.6 Å². The van der Waals surface area contributed by atoms with Gasteiger partial charge in [0.2, 0.25) is 0 Å². The topological polar surface area (TPSA) is 40.5 Å². The van der Waals surface area contributed by atoms with Gasteiger partial charge in [-0.1, -0.05) is 64.3 Å². The van der Waals surface area contributed by atoms with E-state index in [2.05, 4.69) is 45.0 Å². The van der Waals surface area contributed by atoms with Gasteiger partial charge in [-0.3, -0.25) is 0 Å². The Morgan fingerprint density at radius 1 is 0.679 bits per heavy atom.